The van der Waals surface area contributed by atoms with Crippen LogP contribution in [0, 0.1) is 17.3 Å². The maximum atomic E-state index is 12.5. The minimum Gasteiger partial charge on any atom is -0.395 e. The van der Waals surface area contributed by atoms with Crippen LogP contribution in [0.2, 0.25) is 0 Å². The summed E-state index contributed by atoms with van der Waals surface area (Å²) in [6, 6.07) is 1.88. The highest BCUT2D eigenvalue weighted by molar-refractivity contribution is 7.12. The lowest BCUT2D eigenvalue weighted by atomic mass is 9.93. The number of rotatable bonds is 2. The summed E-state index contributed by atoms with van der Waals surface area (Å²) in [4.78, 5) is 15.1. The van der Waals surface area contributed by atoms with Gasteiger partial charge in [-0.2, -0.15) is 0 Å². The lowest BCUT2D eigenvalue weighted by Gasteiger charge is -2.19. The van der Waals surface area contributed by atoms with Crippen LogP contribution in [0.4, 0.5) is 0 Å². The van der Waals surface area contributed by atoms with Gasteiger partial charge in [-0.15, -0.1) is 11.3 Å². The number of nitrogens with zero attached hydrogens (tertiary/aromatic N) is 1. The van der Waals surface area contributed by atoms with Gasteiger partial charge in [0.1, 0.15) is 4.88 Å². The molecule has 19 heavy (non-hydrogen) atoms. The summed E-state index contributed by atoms with van der Waals surface area (Å²) in [6.45, 7) is 6.08. The van der Waals surface area contributed by atoms with Gasteiger partial charge >= 0.3 is 0 Å². The Labute approximate surface area is 118 Å². The van der Waals surface area contributed by atoms with Crippen LogP contribution < -0.4 is 0 Å². The van der Waals surface area contributed by atoms with E-state index in [4.69, 9.17) is 5.11 Å². The van der Waals surface area contributed by atoms with Gasteiger partial charge in [0.15, 0.2) is 0 Å². The Balaban J connectivity index is 2.13. The fourth-order valence-corrected chi connectivity index (χ4v) is 3.03. The number of thiophene rings is 1. The van der Waals surface area contributed by atoms with Gasteiger partial charge in [-0.3, -0.25) is 4.79 Å². The van der Waals surface area contributed by atoms with Crippen molar-refractivity contribution in [2.75, 3.05) is 19.7 Å². The Morgan fingerprint density at radius 2 is 2.37 bits per heavy atom. The molecule has 1 amide bonds. The third kappa shape index (κ3) is 3.37. The Hall–Kier alpha value is -1.31. The molecule has 0 bridgehead atoms. The first-order chi connectivity index (χ1) is 9.03. The van der Waals surface area contributed by atoms with Crippen molar-refractivity contribution < 1.29 is 9.90 Å². The van der Waals surface area contributed by atoms with Crippen LogP contribution in [0.3, 0.4) is 0 Å². The molecule has 1 saturated heterocycles. The Kier molecular flexibility index (Phi) is 4.28. The summed E-state index contributed by atoms with van der Waals surface area (Å²) >= 11 is 1.45. The van der Waals surface area contributed by atoms with Gasteiger partial charge in [0, 0.05) is 25.1 Å². The molecule has 1 aromatic rings. The average Bonchev–Trinajstić information content (AvgIpc) is 2.95. The smallest absolute Gasteiger partial charge is 0.265 e. The van der Waals surface area contributed by atoms with E-state index in [0.717, 1.165) is 30.0 Å². The Morgan fingerprint density at radius 1 is 1.58 bits per heavy atom. The van der Waals surface area contributed by atoms with Gasteiger partial charge in [-0.25, -0.2) is 0 Å². The summed E-state index contributed by atoms with van der Waals surface area (Å²) in [5.41, 5.74) is 1.00. The number of hydrogen-bond donors (Lipinski definition) is 1. The van der Waals surface area contributed by atoms with E-state index in [2.05, 4.69) is 25.7 Å². The number of hydrogen-bond acceptors (Lipinski definition) is 3. The number of carbonyl (C=O) groups excluding carboxylic acids is 1. The molecule has 0 aliphatic carbocycles. The molecule has 0 atom stereocenters. The number of carbonyl (C=O) groups is 1. The second-order valence-corrected chi connectivity index (χ2v) is 6.50. The largest absolute Gasteiger partial charge is 0.395 e. The van der Waals surface area contributed by atoms with Gasteiger partial charge in [0.2, 0.25) is 0 Å². The van der Waals surface area contributed by atoms with E-state index >= 15 is 0 Å². The normalized spacial score (nSPS) is 17.1. The van der Waals surface area contributed by atoms with Crippen LogP contribution in [0.1, 0.15) is 41.9 Å². The monoisotopic (exact) mass is 277 g/mol. The zero-order valence-electron chi connectivity index (χ0n) is 11.4. The van der Waals surface area contributed by atoms with E-state index in [1.165, 1.54) is 11.3 Å². The minimum atomic E-state index is 0.0563. The molecular formula is C15H19NO2S. The molecule has 2 rings (SSSR count). The van der Waals surface area contributed by atoms with Crippen LogP contribution in [-0.4, -0.2) is 35.6 Å². The number of aliphatic hydroxyl groups excluding tert-OH is 1. The zero-order chi connectivity index (χ0) is 13.9. The predicted molar refractivity (Wildman–Crippen MR) is 77.2 cm³/mol. The van der Waals surface area contributed by atoms with Crippen molar-refractivity contribution in [3.8, 4) is 11.8 Å². The molecule has 0 spiro atoms. The Morgan fingerprint density at radius 3 is 3.00 bits per heavy atom. The zero-order valence-corrected chi connectivity index (χ0v) is 12.2. The van der Waals surface area contributed by atoms with E-state index in [9.17, 15) is 4.79 Å². The van der Waals surface area contributed by atoms with Crippen molar-refractivity contribution >= 4 is 17.2 Å². The predicted octanol–water partition coefficient (Wildman–Crippen LogP) is 2.35. The first-order valence-electron chi connectivity index (χ1n) is 6.50. The summed E-state index contributed by atoms with van der Waals surface area (Å²) < 4.78 is 0. The SMILES string of the molecule is CC1(C)CCN(C(=O)c2sccc2C#CCCO)C1. The van der Waals surface area contributed by atoms with Crippen LogP contribution in [0.25, 0.3) is 0 Å². The number of amides is 1. The molecule has 1 aromatic heterocycles. The third-order valence-electron chi connectivity index (χ3n) is 3.28. The molecule has 102 valence electrons. The van der Waals surface area contributed by atoms with Crippen LogP contribution in [0.5, 0.6) is 0 Å². The van der Waals surface area contributed by atoms with E-state index in [0.29, 0.717) is 6.42 Å². The van der Waals surface area contributed by atoms with E-state index in [1.54, 1.807) is 0 Å². The fourth-order valence-electron chi connectivity index (χ4n) is 2.22. The van der Waals surface area contributed by atoms with Gasteiger partial charge in [0.05, 0.1) is 6.61 Å². The summed E-state index contributed by atoms with van der Waals surface area (Å²) in [6.07, 6.45) is 1.50. The molecule has 0 saturated carbocycles. The molecule has 1 fully saturated rings. The molecule has 3 nitrogen and oxygen atoms in total. The van der Waals surface area contributed by atoms with Gasteiger partial charge in [-0.1, -0.05) is 25.7 Å². The highest BCUT2D eigenvalue weighted by Crippen LogP contribution is 2.31. The van der Waals surface area contributed by atoms with Crippen LogP contribution in [0.15, 0.2) is 11.4 Å². The van der Waals surface area contributed by atoms with Crippen molar-refractivity contribution in [1.82, 2.24) is 4.90 Å². The molecule has 0 aromatic carbocycles. The van der Waals surface area contributed by atoms with Gasteiger partial charge < -0.3 is 10.0 Å². The highest BCUT2D eigenvalue weighted by atomic mass is 32.1. The van der Waals surface area contributed by atoms with Crippen LogP contribution >= 0.6 is 11.3 Å². The molecule has 1 aliphatic rings. The van der Waals surface area contributed by atoms with Gasteiger partial charge in [0.25, 0.3) is 5.91 Å². The maximum absolute atomic E-state index is 12.5. The maximum Gasteiger partial charge on any atom is 0.265 e. The van der Waals surface area contributed by atoms with Crippen LogP contribution in [-0.2, 0) is 0 Å². The highest BCUT2D eigenvalue weighted by Gasteiger charge is 2.33. The average molecular weight is 277 g/mol. The summed E-state index contributed by atoms with van der Waals surface area (Å²) in [5.74, 6) is 5.94. The van der Waals surface area contributed by atoms with E-state index in [-0.39, 0.29) is 17.9 Å². The van der Waals surface area contributed by atoms with E-state index in [1.807, 2.05) is 16.3 Å². The van der Waals surface area contributed by atoms with Gasteiger partial charge in [-0.05, 0) is 23.3 Å². The topological polar surface area (TPSA) is 40.5 Å². The lowest BCUT2D eigenvalue weighted by molar-refractivity contribution is 0.0783. The number of aliphatic hydroxyl groups is 1. The second kappa shape index (κ2) is 5.77. The Bertz CT molecular complexity index is 522. The van der Waals surface area contributed by atoms with E-state index < -0.39 is 0 Å². The molecule has 1 aliphatic heterocycles. The fraction of sp³-hybridized carbons (Fsp3) is 0.533. The van der Waals surface area contributed by atoms with Crippen molar-refractivity contribution in [1.29, 1.82) is 0 Å². The standard InChI is InChI=1S/C15H19NO2S/c1-15(2)7-8-16(11-15)14(18)13-12(6-10-19-13)5-3-4-9-17/h6,10,17H,4,7-9,11H2,1-2H3. The van der Waals surface area contributed by atoms with Crippen molar-refractivity contribution in [3.63, 3.8) is 0 Å². The first kappa shape index (κ1) is 14.1. The molecular weight excluding hydrogens is 258 g/mol. The molecule has 2 heterocycles. The molecule has 0 unspecified atom stereocenters. The minimum absolute atomic E-state index is 0.0563. The third-order valence-corrected chi connectivity index (χ3v) is 4.19. The second-order valence-electron chi connectivity index (χ2n) is 5.58. The summed E-state index contributed by atoms with van der Waals surface area (Å²) in [5, 5.41) is 10.6. The molecule has 1 N–H and O–H groups in total. The van der Waals surface area contributed by atoms with Crippen molar-refractivity contribution in [2.24, 2.45) is 5.41 Å². The molecule has 0 radical (unpaired) electrons. The van der Waals surface area contributed by atoms with Crippen molar-refractivity contribution in [2.45, 2.75) is 26.7 Å². The first-order valence-corrected chi connectivity index (χ1v) is 7.38. The lowest BCUT2D eigenvalue weighted by Crippen LogP contribution is -2.30. The molecule has 4 heteroatoms. The quantitative estimate of drug-likeness (QED) is 0.843. The van der Waals surface area contributed by atoms with Crippen molar-refractivity contribution in [3.05, 3.63) is 21.9 Å². The summed E-state index contributed by atoms with van der Waals surface area (Å²) in [7, 11) is 0. The number of likely N-dealkylation sites (tertiary alicyclic amines) is 1.